The second-order valence-corrected chi connectivity index (χ2v) is 11.2. The summed E-state index contributed by atoms with van der Waals surface area (Å²) in [4.78, 5) is 11.7. The Morgan fingerprint density at radius 2 is 1.51 bits per heavy atom. The average Bonchev–Trinajstić information content (AvgIpc) is 2.88. The van der Waals surface area contributed by atoms with Gasteiger partial charge in [-0.25, -0.2) is 4.79 Å². The Labute approximate surface area is 221 Å². The summed E-state index contributed by atoms with van der Waals surface area (Å²) in [6, 6.07) is 20.5. The number of benzene rings is 3. The van der Waals surface area contributed by atoms with Crippen LogP contribution < -0.4 is 9.47 Å². The highest BCUT2D eigenvalue weighted by molar-refractivity contribution is 5.92. The number of fused-ring (bicyclic) bond motifs is 1. The van der Waals surface area contributed by atoms with Gasteiger partial charge < -0.3 is 14.6 Å². The lowest BCUT2D eigenvalue weighted by Crippen LogP contribution is -2.33. The van der Waals surface area contributed by atoms with Crippen LogP contribution in [0.1, 0.15) is 76.1 Å². The normalized spacial score (nSPS) is 16.1. The van der Waals surface area contributed by atoms with E-state index in [4.69, 9.17) is 9.47 Å². The van der Waals surface area contributed by atoms with Crippen molar-refractivity contribution in [1.82, 2.24) is 0 Å². The number of carboxylic acid groups (broad SMARTS) is 1. The molecule has 0 saturated carbocycles. The van der Waals surface area contributed by atoms with Gasteiger partial charge in [0.1, 0.15) is 18.1 Å². The Morgan fingerprint density at radius 3 is 2.11 bits per heavy atom. The lowest BCUT2D eigenvalue weighted by Gasteiger charge is -2.42. The molecule has 37 heavy (non-hydrogen) atoms. The van der Waals surface area contributed by atoms with Crippen LogP contribution >= 0.6 is 0 Å². The topological polar surface area (TPSA) is 55.8 Å². The van der Waals surface area contributed by atoms with E-state index in [1.807, 2.05) is 43.3 Å². The van der Waals surface area contributed by atoms with E-state index in [2.05, 4.69) is 52.0 Å². The molecule has 3 aromatic carbocycles. The van der Waals surface area contributed by atoms with E-state index in [-0.39, 0.29) is 10.8 Å². The Bertz CT molecular complexity index is 1320. The van der Waals surface area contributed by atoms with Crippen molar-refractivity contribution in [2.24, 2.45) is 0 Å². The molecule has 4 heteroatoms. The van der Waals surface area contributed by atoms with Crippen molar-refractivity contribution in [2.45, 2.75) is 71.3 Å². The quantitative estimate of drug-likeness (QED) is 0.318. The molecule has 1 aliphatic rings. The third kappa shape index (κ3) is 5.58. The van der Waals surface area contributed by atoms with Gasteiger partial charge >= 0.3 is 5.97 Å². The van der Waals surface area contributed by atoms with Gasteiger partial charge in [0.15, 0.2) is 0 Å². The Kier molecular flexibility index (Phi) is 7.49. The molecule has 1 N–H and O–H groups in total. The number of carbonyl (C=O) groups is 1. The van der Waals surface area contributed by atoms with Crippen molar-refractivity contribution in [3.05, 3.63) is 88.5 Å². The lowest BCUT2D eigenvalue weighted by molar-refractivity contribution is -0.132. The number of ether oxygens (including phenoxy) is 2. The average molecular weight is 499 g/mol. The maximum Gasteiger partial charge on any atom is 0.331 e. The molecule has 0 spiro atoms. The molecule has 3 aromatic rings. The predicted octanol–water partition coefficient (Wildman–Crippen LogP) is 8.17. The molecule has 194 valence electrons. The van der Waals surface area contributed by atoms with E-state index < -0.39 is 5.97 Å². The van der Waals surface area contributed by atoms with E-state index in [0.29, 0.717) is 18.6 Å². The summed E-state index contributed by atoms with van der Waals surface area (Å²) in [5.41, 5.74) is 6.86. The second kappa shape index (κ2) is 10.5. The predicted molar refractivity (Wildman–Crippen MR) is 150 cm³/mol. The summed E-state index contributed by atoms with van der Waals surface area (Å²) in [6.45, 7) is 11.6. The molecule has 4 rings (SSSR count). The summed E-state index contributed by atoms with van der Waals surface area (Å²) in [7, 11) is 1.67. The Balaban J connectivity index is 1.92. The van der Waals surface area contributed by atoms with E-state index in [1.54, 1.807) is 13.2 Å². The minimum Gasteiger partial charge on any atom is -0.496 e. The van der Waals surface area contributed by atoms with Crippen LogP contribution in [0.5, 0.6) is 11.5 Å². The van der Waals surface area contributed by atoms with Gasteiger partial charge in [0, 0.05) is 16.7 Å². The van der Waals surface area contributed by atoms with Crippen molar-refractivity contribution < 1.29 is 19.4 Å². The molecule has 0 fully saturated rings. The summed E-state index contributed by atoms with van der Waals surface area (Å²) in [5.74, 6) is 0.634. The molecule has 0 amide bonds. The van der Waals surface area contributed by atoms with Crippen LogP contribution in [0, 0.1) is 0 Å². The molecule has 0 aliphatic heterocycles. The van der Waals surface area contributed by atoms with Gasteiger partial charge in [-0.3, -0.25) is 0 Å². The van der Waals surface area contributed by atoms with Crippen LogP contribution in [0.2, 0.25) is 0 Å². The monoisotopic (exact) mass is 498 g/mol. The van der Waals surface area contributed by atoms with Gasteiger partial charge in [-0.05, 0) is 82.7 Å². The zero-order valence-corrected chi connectivity index (χ0v) is 22.9. The number of carboxylic acids is 1. The second-order valence-electron chi connectivity index (χ2n) is 11.2. The van der Waals surface area contributed by atoms with Crippen molar-refractivity contribution in [2.75, 3.05) is 7.11 Å². The highest BCUT2D eigenvalue weighted by Gasteiger charge is 2.38. The number of hydrogen-bond acceptors (Lipinski definition) is 3. The number of rotatable bonds is 8. The molecule has 0 radical (unpaired) electrons. The van der Waals surface area contributed by atoms with Gasteiger partial charge in [0.05, 0.1) is 7.11 Å². The lowest BCUT2D eigenvalue weighted by atomic mass is 9.62. The van der Waals surface area contributed by atoms with Crippen LogP contribution in [0.4, 0.5) is 0 Å². The zero-order valence-electron chi connectivity index (χ0n) is 22.9. The van der Waals surface area contributed by atoms with E-state index >= 15 is 0 Å². The van der Waals surface area contributed by atoms with E-state index in [0.717, 1.165) is 46.6 Å². The number of hydrogen-bond donors (Lipinski definition) is 1. The molecule has 0 unspecified atom stereocenters. The van der Waals surface area contributed by atoms with Crippen molar-refractivity contribution in [1.29, 1.82) is 0 Å². The first kappa shape index (κ1) is 26.5. The molecule has 0 aromatic heterocycles. The van der Waals surface area contributed by atoms with E-state index in [1.165, 1.54) is 11.1 Å². The van der Waals surface area contributed by atoms with Gasteiger partial charge in [-0.1, -0.05) is 71.0 Å². The van der Waals surface area contributed by atoms with Gasteiger partial charge in [-0.2, -0.15) is 0 Å². The van der Waals surface area contributed by atoms with Crippen molar-refractivity contribution >= 4 is 12.0 Å². The molecule has 0 saturated heterocycles. The molecule has 1 aliphatic carbocycles. The Hall–Kier alpha value is -3.53. The van der Waals surface area contributed by atoms with Crippen LogP contribution in [0.15, 0.2) is 66.2 Å². The fourth-order valence-electron chi connectivity index (χ4n) is 5.20. The third-order valence-corrected chi connectivity index (χ3v) is 7.70. The van der Waals surface area contributed by atoms with Crippen LogP contribution in [-0.2, 0) is 22.2 Å². The SMILES string of the molecule is CC/C(=C/c1ccc(OC)c(-c2cc3c(cc2OCc2ccccc2)C(C)(C)CCC3(C)C)c1)C(=O)O. The maximum absolute atomic E-state index is 11.7. The molecular formula is C33H38O4. The molecule has 4 nitrogen and oxygen atoms in total. The van der Waals surface area contributed by atoms with E-state index in [9.17, 15) is 9.90 Å². The van der Waals surface area contributed by atoms with Crippen LogP contribution in [0.3, 0.4) is 0 Å². The summed E-state index contributed by atoms with van der Waals surface area (Å²) >= 11 is 0. The van der Waals surface area contributed by atoms with Crippen LogP contribution in [0.25, 0.3) is 17.2 Å². The molecule has 0 heterocycles. The van der Waals surface area contributed by atoms with Gasteiger partial charge in [0.2, 0.25) is 0 Å². The first-order valence-electron chi connectivity index (χ1n) is 13.0. The largest absolute Gasteiger partial charge is 0.496 e. The fourth-order valence-corrected chi connectivity index (χ4v) is 5.20. The highest BCUT2D eigenvalue weighted by Crippen LogP contribution is 2.50. The number of methoxy groups -OCH3 is 1. The smallest absolute Gasteiger partial charge is 0.331 e. The first-order valence-corrected chi connectivity index (χ1v) is 13.0. The first-order chi connectivity index (χ1) is 17.6. The Morgan fingerprint density at radius 1 is 0.892 bits per heavy atom. The third-order valence-electron chi connectivity index (χ3n) is 7.70. The van der Waals surface area contributed by atoms with Crippen LogP contribution in [-0.4, -0.2) is 18.2 Å². The maximum atomic E-state index is 11.7. The standard InChI is InChI=1S/C33H38O4/c1-7-24(31(34)35)17-23-13-14-29(36-6)25(18-23)26-19-27-28(33(4,5)16-15-32(27,2)3)20-30(26)37-21-22-11-9-8-10-12-22/h8-14,17-20H,7,15-16,21H2,1-6H3,(H,34,35)/b24-17-. The minimum atomic E-state index is -0.899. The zero-order chi connectivity index (χ0) is 26.8. The van der Waals surface area contributed by atoms with Gasteiger partial charge in [-0.15, -0.1) is 0 Å². The van der Waals surface area contributed by atoms with Gasteiger partial charge in [0.25, 0.3) is 0 Å². The highest BCUT2D eigenvalue weighted by atomic mass is 16.5. The minimum absolute atomic E-state index is 0.0288. The van der Waals surface area contributed by atoms with Crippen molar-refractivity contribution in [3.8, 4) is 22.6 Å². The summed E-state index contributed by atoms with van der Waals surface area (Å²) in [5, 5.41) is 9.57. The van der Waals surface area contributed by atoms with Crippen molar-refractivity contribution in [3.63, 3.8) is 0 Å². The number of aliphatic carboxylic acids is 1. The fraction of sp³-hybridized carbons (Fsp3) is 0.364. The molecular weight excluding hydrogens is 460 g/mol. The molecule has 0 atom stereocenters. The summed E-state index contributed by atoms with van der Waals surface area (Å²) in [6.07, 6.45) is 4.41. The summed E-state index contributed by atoms with van der Waals surface area (Å²) < 4.78 is 12.3. The molecule has 0 bridgehead atoms.